The number of aryl methyl sites for hydroxylation is 1. The average Bonchev–Trinajstić information content (AvgIpc) is 2.65. The SMILES string of the molecule is Cc1nc(N)cc(NCc2cscn2)n1. The molecule has 0 unspecified atom stereocenters. The Morgan fingerprint density at radius 3 is 3.00 bits per heavy atom. The van der Waals surface area contributed by atoms with Crippen LogP contribution in [0.2, 0.25) is 0 Å². The van der Waals surface area contributed by atoms with Gasteiger partial charge in [0.2, 0.25) is 0 Å². The number of hydrogen-bond donors (Lipinski definition) is 2. The van der Waals surface area contributed by atoms with Gasteiger partial charge in [0.15, 0.2) is 0 Å². The molecule has 0 saturated carbocycles. The number of rotatable bonds is 3. The van der Waals surface area contributed by atoms with Crippen LogP contribution in [0.3, 0.4) is 0 Å². The standard InChI is InChI=1S/C9H11N5S/c1-6-13-8(10)2-9(14-6)11-3-7-4-15-5-12-7/h2,4-5H,3H2,1H3,(H3,10,11,13,14). The molecule has 0 aromatic carbocycles. The Balaban J connectivity index is 2.05. The molecule has 2 aromatic rings. The Morgan fingerprint density at radius 2 is 2.33 bits per heavy atom. The Hall–Kier alpha value is -1.69. The van der Waals surface area contributed by atoms with E-state index >= 15 is 0 Å². The molecule has 0 aliphatic carbocycles. The molecular weight excluding hydrogens is 210 g/mol. The van der Waals surface area contributed by atoms with E-state index in [1.165, 1.54) is 0 Å². The van der Waals surface area contributed by atoms with Crippen molar-refractivity contribution < 1.29 is 0 Å². The molecule has 0 radical (unpaired) electrons. The van der Waals surface area contributed by atoms with E-state index < -0.39 is 0 Å². The number of nitrogens with one attached hydrogen (secondary N) is 1. The maximum absolute atomic E-state index is 5.60. The molecule has 0 aliphatic heterocycles. The quantitative estimate of drug-likeness (QED) is 0.820. The van der Waals surface area contributed by atoms with E-state index in [1.54, 1.807) is 22.9 Å². The van der Waals surface area contributed by atoms with Crippen molar-refractivity contribution in [2.45, 2.75) is 13.5 Å². The normalized spacial score (nSPS) is 10.2. The van der Waals surface area contributed by atoms with Crippen molar-refractivity contribution in [3.63, 3.8) is 0 Å². The first kappa shape index (κ1) is 9.85. The number of thiazole rings is 1. The molecule has 6 heteroatoms. The number of aromatic nitrogens is 3. The lowest BCUT2D eigenvalue weighted by Gasteiger charge is -2.04. The van der Waals surface area contributed by atoms with Crippen molar-refractivity contribution in [3.05, 3.63) is 28.5 Å². The smallest absolute Gasteiger partial charge is 0.132 e. The van der Waals surface area contributed by atoms with Crippen molar-refractivity contribution in [1.82, 2.24) is 15.0 Å². The lowest BCUT2D eigenvalue weighted by atomic mass is 10.4. The van der Waals surface area contributed by atoms with Crippen molar-refractivity contribution >= 4 is 23.0 Å². The minimum absolute atomic E-state index is 0.475. The number of nitrogens with two attached hydrogens (primary N) is 1. The van der Waals surface area contributed by atoms with E-state index in [9.17, 15) is 0 Å². The molecule has 15 heavy (non-hydrogen) atoms. The minimum Gasteiger partial charge on any atom is -0.384 e. The highest BCUT2D eigenvalue weighted by Crippen LogP contribution is 2.09. The van der Waals surface area contributed by atoms with Gasteiger partial charge in [-0.25, -0.2) is 15.0 Å². The van der Waals surface area contributed by atoms with Crippen LogP contribution in [-0.2, 0) is 6.54 Å². The largest absolute Gasteiger partial charge is 0.384 e. The molecule has 0 amide bonds. The molecule has 78 valence electrons. The summed E-state index contributed by atoms with van der Waals surface area (Å²) < 4.78 is 0. The first-order valence-electron chi connectivity index (χ1n) is 4.46. The van der Waals surface area contributed by atoms with Crippen LogP contribution in [0.15, 0.2) is 17.0 Å². The molecule has 0 saturated heterocycles. The van der Waals surface area contributed by atoms with E-state index in [1.807, 2.05) is 12.3 Å². The van der Waals surface area contributed by atoms with Gasteiger partial charge in [0.1, 0.15) is 17.5 Å². The van der Waals surface area contributed by atoms with Gasteiger partial charge in [0.25, 0.3) is 0 Å². The van der Waals surface area contributed by atoms with Gasteiger partial charge in [-0.05, 0) is 6.92 Å². The first-order chi connectivity index (χ1) is 7.24. The molecule has 0 aliphatic rings. The fourth-order valence-corrected chi connectivity index (χ4v) is 1.75. The van der Waals surface area contributed by atoms with Gasteiger partial charge in [-0.15, -0.1) is 11.3 Å². The van der Waals surface area contributed by atoms with E-state index in [4.69, 9.17) is 5.73 Å². The molecule has 2 aromatic heterocycles. The topological polar surface area (TPSA) is 76.7 Å². The Labute approximate surface area is 91.4 Å². The lowest BCUT2D eigenvalue weighted by molar-refractivity contribution is 1.01. The highest BCUT2D eigenvalue weighted by molar-refractivity contribution is 7.07. The third-order valence-electron chi connectivity index (χ3n) is 1.79. The summed E-state index contributed by atoms with van der Waals surface area (Å²) in [5.41, 5.74) is 8.40. The monoisotopic (exact) mass is 221 g/mol. The first-order valence-corrected chi connectivity index (χ1v) is 5.40. The molecule has 0 bridgehead atoms. The predicted octanol–water partition coefficient (Wildman–Crippen LogP) is 1.44. The molecule has 2 rings (SSSR count). The minimum atomic E-state index is 0.475. The van der Waals surface area contributed by atoms with Crippen molar-refractivity contribution in [3.8, 4) is 0 Å². The van der Waals surface area contributed by atoms with Gasteiger partial charge in [0.05, 0.1) is 17.7 Å². The summed E-state index contributed by atoms with van der Waals surface area (Å²) in [6.45, 7) is 2.46. The second kappa shape index (κ2) is 4.22. The summed E-state index contributed by atoms with van der Waals surface area (Å²) in [6, 6.07) is 1.71. The zero-order valence-electron chi connectivity index (χ0n) is 8.27. The third kappa shape index (κ3) is 2.63. The fraction of sp³-hybridized carbons (Fsp3) is 0.222. The van der Waals surface area contributed by atoms with Crippen LogP contribution in [0.4, 0.5) is 11.6 Å². The Bertz CT molecular complexity index is 420. The molecular formula is C9H11N5S. The van der Waals surface area contributed by atoms with Gasteiger partial charge in [-0.2, -0.15) is 0 Å². The van der Waals surface area contributed by atoms with Crippen LogP contribution < -0.4 is 11.1 Å². The Kier molecular flexibility index (Phi) is 2.77. The van der Waals surface area contributed by atoms with E-state index in [0.717, 1.165) is 11.5 Å². The van der Waals surface area contributed by atoms with Crippen molar-refractivity contribution in [2.75, 3.05) is 11.1 Å². The molecule has 3 N–H and O–H groups in total. The van der Waals surface area contributed by atoms with Crippen LogP contribution in [0.1, 0.15) is 11.5 Å². The average molecular weight is 221 g/mol. The van der Waals surface area contributed by atoms with Crippen LogP contribution >= 0.6 is 11.3 Å². The third-order valence-corrected chi connectivity index (χ3v) is 2.43. The van der Waals surface area contributed by atoms with Gasteiger partial charge < -0.3 is 11.1 Å². The summed E-state index contributed by atoms with van der Waals surface area (Å²) in [7, 11) is 0. The number of anilines is 2. The summed E-state index contributed by atoms with van der Waals surface area (Å²) in [5.74, 6) is 1.87. The maximum Gasteiger partial charge on any atom is 0.132 e. The van der Waals surface area contributed by atoms with Gasteiger partial charge in [-0.1, -0.05) is 0 Å². The second-order valence-electron chi connectivity index (χ2n) is 3.06. The highest BCUT2D eigenvalue weighted by atomic mass is 32.1. The van der Waals surface area contributed by atoms with E-state index in [0.29, 0.717) is 18.2 Å². The predicted molar refractivity (Wildman–Crippen MR) is 60.6 cm³/mol. The second-order valence-corrected chi connectivity index (χ2v) is 3.78. The maximum atomic E-state index is 5.60. The van der Waals surface area contributed by atoms with Crippen LogP contribution in [0.5, 0.6) is 0 Å². The molecule has 2 heterocycles. The summed E-state index contributed by atoms with van der Waals surface area (Å²) >= 11 is 1.57. The highest BCUT2D eigenvalue weighted by Gasteiger charge is 1.99. The van der Waals surface area contributed by atoms with E-state index in [2.05, 4.69) is 20.3 Å². The van der Waals surface area contributed by atoms with Crippen molar-refractivity contribution in [1.29, 1.82) is 0 Å². The number of nitrogen functional groups attached to an aromatic ring is 1. The van der Waals surface area contributed by atoms with E-state index in [-0.39, 0.29) is 0 Å². The Morgan fingerprint density at radius 1 is 1.47 bits per heavy atom. The summed E-state index contributed by atoms with van der Waals surface area (Å²) in [5, 5.41) is 5.13. The summed E-state index contributed by atoms with van der Waals surface area (Å²) in [6.07, 6.45) is 0. The molecule has 0 spiro atoms. The van der Waals surface area contributed by atoms with Crippen molar-refractivity contribution in [2.24, 2.45) is 0 Å². The summed E-state index contributed by atoms with van der Waals surface area (Å²) in [4.78, 5) is 12.4. The number of hydrogen-bond acceptors (Lipinski definition) is 6. The zero-order valence-corrected chi connectivity index (χ0v) is 9.08. The van der Waals surface area contributed by atoms with Gasteiger partial charge >= 0.3 is 0 Å². The fourth-order valence-electron chi connectivity index (χ4n) is 1.19. The number of nitrogens with zero attached hydrogens (tertiary/aromatic N) is 3. The zero-order chi connectivity index (χ0) is 10.7. The molecule has 5 nitrogen and oxygen atoms in total. The molecule has 0 fully saturated rings. The van der Waals surface area contributed by atoms with Gasteiger partial charge in [0, 0.05) is 11.4 Å². The van der Waals surface area contributed by atoms with Gasteiger partial charge in [-0.3, -0.25) is 0 Å². The van der Waals surface area contributed by atoms with Crippen LogP contribution in [0.25, 0.3) is 0 Å². The van der Waals surface area contributed by atoms with Crippen LogP contribution in [0, 0.1) is 6.92 Å². The van der Waals surface area contributed by atoms with Crippen LogP contribution in [-0.4, -0.2) is 15.0 Å². The molecule has 0 atom stereocenters. The lowest BCUT2D eigenvalue weighted by Crippen LogP contribution is -2.04.